The number of para-hydroxylation sites is 1. The molecular weight excluding hydrogens is 370 g/mol. The van der Waals surface area contributed by atoms with Crippen molar-refractivity contribution in [3.63, 3.8) is 0 Å². The highest BCUT2D eigenvalue weighted by atomic mass is 16.5. The molecule has 1 heterocycles. The Morgan fingerprint density at radius 2 is 1.72 bits per heavy atom. The van der Waals surface area contributed by atoms with Crippen LogP contribution in [0.15, 0.2) is 77.4 Å². The van der Waals surface area contributed by atoms with Gasteiger partial charge >= 0.3 is 5.97 Å². The number of benzene rings is 2. The Morgan fingerprint density at radius 3 is 2.38 bits per heavy atom. The fourth-order valence-corrected chi connectivity index (χ4v) is 3.36. The van der Waals surface area contributed by atoms with Gasteiger partial charge in [-0.15, -0.1) is 0 Å². The SMILES string of the molecule is CCOC(=O)C1=C(N)OC(C)=C(C(C)=O)[C@@H]1c1cccc(Oc2ccccc2)c1. The second kappa shape index (κ2) is 8.65. The molecule has 1 aliphatic heterocycles. The van der Waals surface area contributed by atoms with Crippen molar-refractivity contribution >= 4 is 11.8 Å². The van der Waals surface area contributed by atoms with Gasteiger partial charge in [0.15, 0.2) is 5.78 Å². The van der Waals surface area contributed by atoms with Crippen molar-refractivity contribution < 1.29 is 23.8 Å². The van der Waals surface area contributed by atoms with E-state index in [1.807, 2.05) is 36.4 Å². The Labute approximate surface area is 169 Å². The fraction of sp³-hybridized carbons (Fsp3) is 0.217. The first kappa shape index (κ1) is 20.2. The molecule has 0 aliphatic carbocycles. The largest absolute Gasteiger partial charge is 0.462 e. The van der Waals surface area contributed by atoms with E-state index < -0.39 is 11.9 Å². The third-order valence-corrected chi connectivity index (χ3v) is 4.53. The first-order chi connectivity index (χ1) is 13.9. The van der Waals surface area contributed by atoms with Gasteiger partial charge in [-0.25, -0.2) is 4.79 Å². The van der Waals surface area contributed by atoms with E-state index in [2.05, 4.69) is 0 Å². The number of hydrogen-bond donors (Lipinski definition) is 1. The molecule has 0 aromatic heterocycles. The molecule has 3 rings (SSSR count). The number of ether oxygens (including phenoxy) is 3. The highest BCUT2D eigenvalue weighted by Gasteiger charge is 2.38. The summed E-state index contributed by atoms with van der Waals surface area (Å²) in [4.78, 5) is 25.1. The van der Waals surface area contributed by atoms with E-state index >= 15 is 0 Å². The second-order valence-electron chi connectivity index (χ2n) is 6.55. The number of ketones is 1. The Kier molecular flexibility index (Phi) is 6.02. The molecule has 6 nitrogen and oxygen atoms in total. The summed E-state index contributed by atoms with van der Waals surface area (Å²) in [5, 5.41) is 0. The van der Waals surface area contributed by atoms with Gasteiger partial charge in [-0.3, -0.25) is 4.79 Å². The van der Waals surface area contributed by atoms with Crippen molar-refractivity contribution in [3.05, 3.63) is 82.9 Å². The lowest BCUT2D eigenvalue weighted by atomic mass is 9.81. The van der Waals surface area contributed by atoms with Crippen molar-refractivity contribution in [2.24, 2.45) is 5.73 Å². The summed E-state index contributed by atoms with van der Waals surface area (Å²) in [6.45, 7) is 4.97. The van der Waals surface area contributed by atoms with Crippen molar-refractivity contribution in [1.82, 2.24) is 0 Å². The molecule has 1 aliphatic rings. The predicted octanol–water partition coefficient (Wildman–Crippen LogP) is 4.19. The monoisotopic (exact) mass is 393 g/mol. The molecule has 6 heteroatoms. The van der Waals surface area contributed by atoms with Crippen LogP contribution in [0.3, 0.4) is 0 Å². The average molecular weight is 393 g/mol. The van der Waals surface area contributed by atoms with Crippen LogP contribution in [-0.4, -0.2) is 18.4 Å². The first-order valence-corrected chi connectivity index (χ1v) is 9.31. The summed E-state index contributed by atoms with van der Waals surface area (Å²) < 4.78 is 16.6. The van der Waals surface area contributed by atoms with Gasteiger partial charge in [0.1, 0.15) is 22.8 Å². The molecule has 0 radical (unpaired) electrons. The lowest BCUT2D eigenvalue weighted by Gasteiger charge is -2.29. The quantitative estimate of drug-likeness (QED) is 0.741. The van der Waals surface area contributed by atoms with E-state index in [9.17, 15) is 9.59 Å². The number of rotatable bonds is 6. The van der Waals surface area contributed by atoms with Crippen molar-refractivity contribution in [1.29, 1.82) is 0 Å². The van der Waals surface area contributed by atoms with Crippen LogP contribution in [0, 0.1) is 0 Å². The lowest BCUT2D eigenvalue weighted by molar-refractivity contribution is -0.139. The van der Waals surface area contributed by atoms with Gasteiger partial charge in [0, 0.05) is 5.57 Å². The topological polar surface area (TPSA) is 87.9 Å². The van der Waals surface area contributed by atoms with Crippen molar-refractivity contribution in [2.75, 3.05) is 6.61 Å². The fourth-order valence-electron chi connectivity index (χ4n) is 3.36. The molecular formula is C23H23NO5. The molecule has 0 saturated heterocycles. The first-order valence-electron chi connectivity index (χ1n) is 9.31. The van der Waals surface area contributed by atoms with Crippen molar-refractivity contribution in [3.8, 4) is 11.5 Å². The molecule has 2 N–H and O–H groups in total. The molecule has 2 aromatic rings. The molecule has 0 amide bonds. The van der Waals surface area contributed by atoms with Crippen LogP contribution < -0.4 is 10.5 Å². The van der Waals surface area contributed by atoms with Gasteiger partial charge < -0.3 is 19.9 Å². The predicted molar refractivity (Wildman–Crippen MR) is 108 cm³/mol. The molecule has 1 atom stereocenters. The summed E-state index contributed by atoms with van der Waals surface area (Å²) >= 11 is 0. The highest BCUT2D eigenvalue weighted by molar-refractivity contribution is 6.01. The molecule has 0 unspecified atom stereocenters. The molecule has 2 aromatic carbocycles. The van der Waals surface area contributed by atoms with E-state index in [0.717, 1.165) is 0 Å². The van der Waals surface area contributed by atoms with E-state index in [4.69, 9.17) is 19.9 Å². The number of allylic oxidation sites excluding steroid dienone is 2. The van der Waals surface area contributed by atoms with Gasteiger partial charge in [-0.05, 0) is 50.6 Å². The minimum Gasteiger partial charge on any atom is -0.462 e. The zero-order chi connectivity index (χ0) is 21.0. The molecule has 0 spiro atoms. The average Bonchev–Trinajstić information content (AvgIpc) is 2.68. The van der Waals surface area contributed by atoms with Crippen LogP contribution in [0.2, 0.25) is 0 Å². The van der Waals surface area contributed by atoms with Gasteiger partial charge in [0.25, 0.3) is 0 Å². The second-order valence-corrected chi connectivity index (χ2v) is 6.55. The Morgan fingerprint density at radius 1 is 1.03 bits per heavy atom. The lowest BCUT2D eigenvalue weighted by Crippen LogP contribution is -2.28. The molecule has 29 heavy (non-hydrogen) atoms. The Bertz CT molecular complexity index is 991. The zero-order valence-electron chi connectivity index (χ0n) is 16.6. The minimum absolute atomic E-state index is 0.0645. The van der Waals surface area contributed by atoms with Gasteiger partial charge in [-0.2, -0.15) is 0 Å². The Hall–Kier alpha value is -3.54. The summed E-state index contributed by atoms with van der Waals surface area (Å²) in [6, 6.07) is 16.5. The number of nitrogens with two attached hydrogens (primary N) is 1. The summed E-state index contributed by atoms with van der Waals surface area (Å²) in [5.74, 6) is 0.0116. The van der Waals surface area contributed by atoms with Crippen LogP contribution in [0.1, 0.15) is 32.3 Å². The maximum atomic E-state index is 12.6. The summed E-state index contributed by atoms with van der Waals surface area (Å²) in [5.41, 5.74) is 7.18. The highest BCUT2D eigenvalue weighted by Crippen LogP contribution is 2.41. The number of hydrogen-bond acceptors (Lipinski definition) is 6. The van der Waals surface area contributed by atoms with Gasteiger partial charge in [0.05, 0.1) is 12.5 Å². The van der Waals surface area contributed by atoms with Crippen LogP contribution in [-0.2, 0) is 19.1 Å². The molecule has 0 bridgehead atoms. The molecule has 0 saturated carbocycles. The van der Waals surface area contributed by atoms with E-state index in [0.29, 0.717) is 28.4 Å². The third kappa shape index (κ3) is 4.32. The van der Waals surface area contributed by atoms with E-state index in [-0.39, 0.29) is 23.8 Å². The smallest absolute Gasteiger partial charge is 0.340 e. The minimum atomic E-state index is -0.709. The van der Waals surface area contributed by atoms with E-state index in [1.165, 1.54) is 6.92 Å². The van der Waals surface area contributed by atoms with Crippen LogP contribution in [0.4, 0.5) is 0 Å². The van der Waals surface area contributed by atoms with Gasteiger partial charge in [-0.1, -0.05) is 30.3 Å². The normalized spacial score (nSPS) is 16.3. The van der Waals surface area contributed by atoms with Gasteiger partial charge in [0.2, 0.25) is 5.88 Å². The maximum Gasteiger partial charge on any atom is 0.340 e. The molecule has 150 valence electrons. The maximum absolute atomic E-state index is 12.6. The number of Topliss-reactive ketones (excluding diaryl/α,β-unsaturated/α-hetero) is 1. The summed E-state index contributed by atoms with van der Waals surface area (Å²) in [6.07, 6.45) is 0. The van der Waals surface area contributed by atoms with Crippen molar-refractivity contribution in [2.45, 2.75) is 26.7 Å². The van der Waals surface area contributed by atoms with Crippen LogP contribution >= 0.6 is 0 Å². The Balaban J connectivity index is 2.08. The standard InChI is InChI=1S/C23H23NO5/c1-4-27-23(26)21-20(19(14(2)25)15(3)28-22(21)24)16-9-8-12-18(13-16)29-17-10-6-5-7-11-17/h5-13,20H,4,24H2,1-3H3/t20-/m0/s1. The third-order valence-electron chi connectivity index (χ3n) is 4.53. The van der Waals surface area contributed by atoms with Crippen LogP contribution in [0.5, 0.6) is 11.5 Å². The number of esters is 1. The number of carbonyl (C=O) groups is 2. The van der Waals surface area contributed by atoms with E-state index in [1.54, 1.807) is 32.0 Å². The van der Waals surface area contributed by atoms with Crippen LogP contribution in [0.25, 0.3) is 0 Å². The zero-order valence-corrected chi connectivity index (χ0v) is 16.6. The number of carbonyl (C=O) groups excluding carboxylic acids is 2. The summed E-state index contributed by atoms with van der Waals surface area (Å²) in [7, 11) is 0. The molecule has 0 fully saturated rings.